The van der Waals surface area contributed by atoms with Gasteiger partial charge in [-0.25, -0.2) is 12.2 Å². The van der Waals surface area contributed by atoms with Crippen molar-refractivity contribution in [2.75, 3.05) is 0 Å². The Balaban J connectivity index is 0.000000181. The second kappa shape index (κ2) is 14.3. The number of allylic oxidation sites excluding steroid dienone is 4. The number of aryl methyl sites for hydroxylation is 2. The van der Waals surface area contributed by atoms with Crippen LogP contribution in [0, 0.1) is 19.9 Å². The third kappa shape index (κ3) is 8.63. The Bertz CT molecular complexity index is 1720. The van der Waals surface area contributed by atoms with Crippen LogP contribution in [0.1, 0.15) is 81.3 Å². The molecule has 224 valence electrons. The van der Waals surface area contributed by atoms with E-state index in [9.17, 15) is 0 Å². The van der Waals surface area contributed by atoms with Gasteiger partial charge in [0.25, 0.3) is 0 Å². The average molecular weight is 697 g/mol. The first kappa shape index (κ1) is 34.4. The van der Waals surface area contributed by atoms with Crippen LogP contribution in [-0.2, 0) is 35.1 Å². The van der Waals surface area contributed by atoms with Crippen molar-refractivity contribution in [3.63, 3.8) is 0 Å². The molecule has 0 unspecified atom stereocenters. The summed E-state index contributed by atoms with van der Waals surface area (Å²) in [5, 5.41) is 7.08. The molecule has 0 heterocycles. The van der Waals surface area contributed by atoms with Gasteiger partial charge in [-0.05, 0) is 24.7 Å². The van der Waals surface area contributed by atoms with Crippen molar-refractivity contribution in [1.82, 2.24) is 0 Å². The van der Waals surface area contributed by atoms with Crippen LogP contribution in [0.15, 0.2) is 97.1 Å². The summed E-state index contributed by atoms with van der Waals surface area (Å²) in [5.41, 5.74) is 8.38. The van der Waals surface area contributed by atoms with Gasteiger partial charge in [0, 0.05) is 0 Å². The van der Waals surface area contributed by atoms with Gasteiger partial charge in [0.2, 0.25) is 0 Å². The predicted molar refractivity (Wildman–Crippen MR) is 192 cm³/mol. The van der Waals surface area contributed by atoms with Gasteiger partial charge in [-0.2, -0.15) is 6.08 Å². The molecule has 0 bridgehead atoms. The smallest absolute Gasteiger partial charge is 0.109 e. The number of halogens is 2. The van der Waals surface area contributed by atoms with Crippen molar-refractivity contribution in [3.8, 4) is 0 Å². The number of benzene rings is 4. The number of fused-ring (bicyclic) bond motifs is 3. The van der Waals surface area contributed by atoms with Gasteiger partial charge in [0.05, 0.1) is 0 Å². The van der Waals surface area contributed by atoms with Crippen molar-refractivity contribution in [3.05, 3.63) is 147 Å². The number of hydrogen-bond donors (Lipinski definition) is 0. The molecule has 0 atom stereocenters. The molecule has 44 heavy (non-hydrogen) atoms. The Morgan fingerprint density at radius 3 is 1.48 bits per heavy atom. The van der Waals surface area contributed by atoms with Gasteiger partial charge in [-0.1, -0.05) is 75.9 Å². The van der Waals surface area contributed by atoms with Crippen LogP contribution in [0.2, 0.25) is 10.0 Å². The molecule has 3 heteroatoms. The quantitative estimate of drug-likeness (QED) is 0.161. The number of rotatable bonds is 2. The predicted octanol–water partition coefficient (Wildman–Crippen LogP) is 12.3. The van der Waals surface area contributed by atoms with Gasteiger partial charge < -0.3 is 0 Å². The minimum atomic E-state index is 0.180. The van der Waals surface area contributed by atoms with Gasteiger partial charge >= 0.3 is 120 Å². The van der Waals surface area contributed by atoms with Crippen LogP contribution in [0.4, 0.5) is 0 Å². The van der Waals surface area contributed by atoms with Crippen molar-refractivity contribution >= 4 is 48.0 Å². The van der Waals surface area contributed by atoms with Crippen LogP contribution < -0.4 is 0 Å². The zero-order valence-electron chi connectivity index (χ0n) is 27.2. The monoisotopic (exact) mass is 694 g/mol. The standard InChI is InChI=1S/C23H29.C13H8Cl2.C5H5.Zr/c1-14-9-16-11-17-10-15(2)21(23(6,7)8)13-19(17)18(16)12-20(14)22(3,4)5;14-12-5-1-3-10(8-12)7-11-4-2-6-13(15)9-11;1-2-4-5-3-1;/h9-13H,1-8H3;1-6,8-9H;1-3H,4H2;/q-1;;-1;+2. The van der Waals surface area contributed by atoms with E-state index in [-0.39, 0.29) is 10.8 Å². The molecule has 0 aliphatic heterocycles. The van der Waals surface area contributed by atoms with Crippen LogP contribution in [0.3, 0.4) is 0 Å². The maximum atomic E-state index is 5.98. The van der Waals surface area contributed by atoms with Crippen molar-refractivity contribution in [2.24, 2.45) is 0 Å². The largest absolute Gasteiger partial charge is 0.273 e. The first-order valence-electron chi connectivity index (χ1n) is 15.1. The summed E-state index contributed by atoms with van der Waals surface area (Å²) in [5.74, 6) is 0. The molecular formula is C41H42Cl2Zr. The van der Waals surface area contributed by atoms with E-state index in [1.807, 2.05) is 48.6 Å². The summed E-state index contributed by atoms with van der Waals surface area (Å²) in [4.78, 5) is 0. The fourth-order valence-electron chi connectivity index (χ4n) is 5.74. The van der Waals surface area contributed by atoms with E-state index in [0.29, 0.717) is 0 Å². The summed E-state index contributed by atoms with van der Waals surface area (Å²) in [7, 11) is 0. The molecule has 5 aromatic carbocycles. The van der Waals surface area contributed by atoms with Crippen molar-refractivity contribution in [2.45, 2.75) is 72.6 Å². The van der Waals surface area contributed by atoms with E-state index in [4.69, 9.17) is 23.2 Å². The molecule has 0 amide bonds. The van der Waals surface area contributed by atoms with E-state index in [1.54, 1.807) is 0 Å². The number of hydrogen-bond acceptors (Lipinski definition) is 0. The van der Waals surface area contributed by atoms with E-state index < -0.39 is 0 Å². The minimum absolute atomic E-state index is 0.180. The molecule has 0 nitrogen and oxygen atoms in total. The summed E-state index contributed by atoms with van der Waals surface area (Å²) < 4.78 is 1.26. The van der Waals surface area contributed by atoms with E-state index >= 15 is 0 Å². The summed E-state index contributed by atoms with van der Waals surface area (Å²) in [6, 6.07) is 27.7. The average Bonchev–Trinajstić information content (AvgIpc) is 3.62. The SMILES string of the molecule is Cc1cc2[cH-]c3cc(C)c(C(C)(C)C)cc3c2cc1C(C)(C)C.Clc1cccc([C](=[Zr+2])c2cccc(Cl)c2)c1.[C-]1=CC=CC1. The maximum Gasteiger partial charge on any atom is -0.109 e. The molecule has 0 spiro atoms. The first-order valence-corrected chi connectivity index (χ1v) is 17.1. The van der Waals surface area contributed by atoms with Crippen LogP contribution in [0.5, 0.6) is 0 Å². The second-order valence-electron chi connectivity index (χ2n) is 13.6. The van der Waals surface area contributed by atoms with Gasteiger partial charge in [-0.3, -0.25) is 6.08 Å². The Morgan fingerprint density at radius 1 is 0.705 bits per heavy atom. The molecule has 0 radical (unpaired) electrons. The van der Waals surface area contributed by atoms with Gasteiger partial charge in [0.1, 0.15) is 0 Å². The summed E-state index contributed by atoms with van der Waals surface area (Å²) in [6.07, 6.45) is 10.0. The molecule has 1 aliphatic rings. The van der Waals surface area contributed by atoms with E-state index in [2.05, 4.69) is 110 Å². The third-order valence-corrected chi connectivity index (χ3v) is 9.71. The third-order valence-electron chi connectivity index (χ3n) is 7.82. The first-order chi connectivity index (χ1) is 20.6. The Morgan fingerprint density at radius 2 is 1.16 bits per heavy atom. The zero-order valence-corrected chi connectivity index (χ0v) is 31.2. The normalized spacial score (nSPS) is 12.6. The molecule has 1 aliphatic carbocycles. The molecule has 5 aromatic rings. The van der Waals surface area contributed by atoms with Crippen molar-refractivity contribution < 1.29 is 24.2 Å². The minimum Gasteiger partial charge on any atom is -0.273 e. The Labute approximate surface area is 289 Å². The molecule has 0 saturated heterocycles. The Kier molecular flexibility index (Phi) is 11.2. The van der Waals surface area contributed by atoms with Gasteiger partial charge in [0.15, 0.2) is 0 Å². The van der Waals surface area contributed by atoms with E-state index in [1.165, 1.54) is 71.2 Å². The molecule has 0 N–H and O–H groups in total. The Hall–Kier alpha value is -2.44. The summed E-state index contributed by atoms with van der Waals surface area (Å²) >= 11 is 13.3. The van der Waals surface area contributed by atoms with Crippen LogP contribution in [0.25, 0.3) is 21.5 Å². The van der Waals surface area contributed by atoms with Crippen molar-refractivity contribution in [1.29, 1.82) is 0 Å². The molecule has 0 saturated carbocycles. The maximum absolute atomic E-state index is 5.98. The molecule has 6 rings (SSSR count). The van der Waals surface area contributed by atoms with Crippen LogP contribution in [-0.4, -0.2) is 3.21 Å². The topological polar surface area (TPSA) is 0 Å². The van der Waals surface area contributed by atoms with E-state index in [0.717, 1.165) is 27.6 Å². The van der Waals surface area contributed by atoms with Gasteiger partial charge in [-0.15, -0.1) is 46.2 Å². The molecule has 0 aromatic heterocycles. The second-order valence-corrected chi connectivity index (χ2v) is 15.7. The van der Waals surface area contributed by atoms with Crippen LogP contribution >= 0.6 is 23.2 Å². The zero-order chi connectivity index (χ0) is 32.2. The molecule has 0 fully saturated rings. The fraction of sp³-hybridized carbons (Fsp3) is 0.268. The molecular weight excluding hydrogens is 655 g/mol. The summed E-state index contributed by atoms with van der Waals surface area (Å²) in [6.45, 7) is 18.3. The fourth-order valence-corrected chi connectivity index (χ4v) is 6.89.